The number of nitrogens with one attached hydrogen (secondary N) is 1. The van der Waals surface area contributed by atoms with Crippen LogP contribution in [0.15, 0.2) is 29.2 Å². The highest BCUT2D eigenvalue weighted by Gasteiger charge is 2.58. The summed E-state index contributed by atoms with van der Waals surface area (Å²) in [5, 5.41) is 3.08. The molecule has 31 heavy (non-hydrogen) atoms. The van der Waals surface area contributed by atoms with Crippen LogP contribution in [-0.2, 0) is 19.6 Å². The van der Waals surface area contributed by atoms with Crippen molar-refractivity contribution in [3.8, 4) is 0 Å². The lowest BCUT2D eigenvalue weighted by Crippen LogP contribution is -2.62. The van der Waals surface area contributed by atoms with Gasteiger partial charge >= 0.3 is 0 Å². The molecule has 2 atom stereocenters. The minimum atomic E-state index is -4.11. The minimum Gasteiger partial charge on any atom is -0.369 e. The quantitative estimate of drug-likeness (QED) is 0.661. The maximum atomic E-state index is 14.2. The van der Waals surface area contributed by atoms with E-state index in [1.807, 2.05) is 0 Å². The van der Waals surface area contributed by atoms with Crippen molar-refractivity contribution in [2.24, 2.45) is 28.9 Å². The number of primary amides is 1. The van der Waals surface area contributed by atoms with Gasteiger partial charge in [0.05, 0.1) is 6.54 Å². The van der Waals surface area contributed by atoms with Crippen LogP contribution in [0.3, 0.4) is 0 Å². The number of hydrogen-bond acceptors (Lipinski definition) is 4. The third kappa shape index (κ3) is 3.55. The lowest BCUT2D eigenvalue weighted by atomic mass is 9.47. The van der Waals surface area contributed by atoms with Crippen molar-refractivity contribution in [2.45, 2.75) is 61.9 Å². The molecule has 168 valence electrons. The number of sulfonamides is 1. The number of hydrogen-bond donors (Lipinski definition) is 2. The highest BCUT2D eigenvalue weighted by atomic mass is 32.2. The van der Waals surface area contributed by atoms with Gasteiger partial charge in [0.25, 0.3) is 0 Å². The molecule has 7 nitrogen and oxygen atoms in total. The molecule has 3 N–H and O–H groups in total. The summed E-state index contributed by atoms with van der Waals surface area (Å²) in [6.45, 7) is -0.318. The van der Waals surface area contributed by atoms with Crippen LogP contribution in [0.1, 0.15) is 44.9 Å². The molecule has 5 fully saturated rings. The number of nitrogens with zero attached hydrogens (tertiary/aromatic N) is 1. The number of benzene rings is 1. The van der Waals surface area contributed by atoms with Crippen LogP contribution in [0, 0.1) is 29.0 Å². The van der Waals surface area contributed by atoms with Crippen LogP contribution in [0.2, 0.25) is 0 Å². The summed E-state index contributed by atoms with van der Waals surface area (Å²) < 4.78 is 41.5. The van der Waals surface area contributed by atoms with Gasteiger partial charge in [-0.05, 0) is 74.8 Å². The highest BCUT2D eigenvalue weighted by Crippen LogP contribution is 2.59. The first kappa shape index (κ1) is 20.9. The molecular formula is C22H28FN3O4S. The highest BCUT2D eigenvalue weighted by molar-refractivity contribution is 7.89. The van der Waals surface area contributed by atoms with Crippen molar-refractivity contribution in [1.29, 1.82) is 0 Å². The monoisotopic (exact) mass is 449 g/mol. The van der Waals surface area contributed by atoms with Gasteiger partial charge in [-0.3, -0.25) is 9.59 Å². The van der Waals surface area contributed by atoms with Gasteiger partial charge < -0.3 is 11.1 Å². The van der Waals surface area contributed by atoms with Crippen LogP contribution >= 0.6 is 0 Å². The zero-order valence-corrected chi connectivity index (χ0v) is 18.1. The van der Waals surface area contributed by atoms with Gasteiger partial charge in [-0.1, -0.05) is 12.1 Å². The summed E-state index contributed by atoms with van der Waals surface area (Å²) in [5.74, 6) is -0.542. The van der Waals surface area contributed by atoms with E-state index in [0.717, 1.165) is 29.6 Å². The molecule has 0 radical (unpaired) electrons. The second kappa shape index (κ2) is 7.27. The molecule has 0 spiro atoms. The number of carbonyl (C=O) groups is 2. The Kier molecular flexibility index (Phi) is 4.89. The molecule has 2 amide bonds. The molecule has 4 bridgehead atoms. The van der Waals surface area contributed by atoms with E-state index in [1.54, 1.807) is 0 Å². The molecule has 1 aromatic carbocycles. The van der Waals surface area contributed by atoms with Gasteiger partial charge in [0, 0.05) is 17.5 Å². The van der Waals surface area contributed by atoms with E-state index < -0.39 is 26.2 Å². The average Bonchev–Trinajstić information content (AvgIpc) is 3.53. The molecule has 5 aliphatic carbocycles. The Labute approximate surface area is 181 Å². The first-order valence-corrected chi connectivity index (χ1v) is 12.5. The molecule has 5 saturated carbocycles. The maximum Gasteiger partial charge on any atom is 0.246 e. The molecule has 0 aliphatic heterocycles. The zero-order chi connectivity index (χ0) is 22.0. The van der Waals surface area contributed by atoms with E-state index in [0.29, 0.717) is 31.6 Å². The van der Waals surface area contributed by atoms with Crippen molar-refractivity contribution in [3.63, 3.8) is 0 Å². The SMILES string of the molecule is NC(=O)C12CC3CC(C1)C(NC(=O)CN(C1CC1)S(=O)(=O)c1ccccc1F)C(C3)C2. The normalized spacial score (nSPS) is 34.1. The molecule has 6 rings (SSSR count). The largest absolute Gasteiger partial charge is 0.369 e. The fraction of sp³-hybridized carbons (Fsp3) is 0.636. The molecule has 9 heteroatoms. The Balaban J connectivity index is 1.31. The van der Waals surface area contributed by atoms with Crippen molar-refractivity contribution >= 4 is 21.8 Å². The van der Waals surface area contributed by atoms with E-state index in [9.17, 15) is 22.4 Å². The molecule has 5 aliphatic rings. The Morgan fingerprint density at radius 2 is 1.77 bits per heavy atom. The third-order valence-electron chi connectivity index (χ3n) is 7.80. The lowest BCUT2D eigenvalue weighted by Gasteiger charge is -2.58. The first-order chi connectivity index (χ1) is 14.7. The van der Waals surface area contributed by atoms with Crippen LogP contribution in [0.25, 0.3) is 0 Å². The van der Waals surface area contributed by atoms with E-state index in [4.69, 9.17) is 5.73 Å². The first-order valence-electron chi connectivity index (χ1n) is 11.1. The number of amides is 2. The van der Waals surface area contributed by atoms with Crippen molar-refractivity contribution in [3.05, 3.63) is 30.1 Å². The Hall–Kier alpha value is -2.00. The summed E-state index contributed by atoms with van der Waals surface area (Å²) in [7, 11) is -4.11. The molecule has 0 saturated heterocycles. The van der Waals surface area contributed by atoms with Gasteiger partial charge in [-0.15, -0.1) is 0 Å². The number of halogens is 1. The molecule has 0 heterocycles. The Morgan fingerprint density at radius 1 is 1.13 bits per heavy atom. The van der Waals surface area contributed by atoms with Crippen LogP contribution in [0.4, 0.5) is 4.39 Å². The van der Waals surface area contributed by atoms with E-state index in [2.05, 4.69) is 5.32 Å². The fourth-order valence-corrected chi connectivity index (χ4v) is 8.20. The van der Waals surface area contributed by atoms with Crippen molar-refractivity contribution < 1.29 is 22.4 Å². The maximum absolute atomic E-state index is 14.2. The van der Waals surface area contributed by atoms with Gasteiger partial charge in [-0.2, -0.15) is 4.31 Å². The second-order valence-corrected chi connectivity index (χ2v) is 11.8. The van der Waals surface area contributed by atoms with Gasteiger partial charge in [-0.25, -0.2) is 12.8 Å². The molecule has 2 unspecified atom stereocenters. The number of rotatable bonds is 7. The Bertz CT molecular complexity index is 1010. The second-order valence-electron chi connectivity index (χ2n) is 9.92. The number of nitrogens with two attached hydrogens (primary N) is 1. The smallest absolute Gasteiger partial charge is 0.246 e. The summed E-state index contributed by atoms with van der Waals surface area (Å²) in [5.41, 5.74) is 5.29. The predicted octanol–water partition coefficient (Wildman–Crippen LogP) is 1.78. The summed E-state index contributed by atoms with van der Waals surface area (Å²) in [4.78, 5) is 24.7. The van der Waals surface area contributed by atoms with Crippen molar-refractivity contribution in [2.75, 3.05) is 6.54 Å². The van der Waals surface area contributed by atoms with Crippen LogP contribution < -0.4 is 11.1 Å². The molecule has 1 aromatic rings. The number of carbonyl (C=O) groups excluding carboxylic acids is 2. The predicted molar refractivity (Wildman–Crippen MR) is 110 cm³/mol. The van der Waals surface area contributed by atoms with E-state index in [-0.39, 0.29) is 42.3 Å². The summed E-state index contributed by atoms with van der Waals surface area (Å²) in [6.07, 6.45) is 5.51. The van der Waals surface area contributed by atoms with E-state index in [1.165, 1.54) is 18.2 Å². The topological polar surface area (TPSA) is 110 Å². The van der Waals surface area contributed by atoms with Crippen molar-refractivity contribution in [1.82, 2.24) is 9.62 Å². The fourth-order valence-electron chi connectivity index (χ4n) is 6.49. The summed E-state index contributed by atoms with van der Waals surface area (Å²) >= 11 is 0. The molecule has 0 aromatic heterocycles. The van der Waals surface area contributed by atoms with Gasteiger partial charge in [0.2, 0.25) is 21.8 Å². The van der Waals surface area contributed by atoms with Gasteiger partial charge in [0.15, 0.2) is 0 Å². The third-order valence-corrected chi connectivity index (χ3v) is 9.73. The van der Waals surface area contributed by atoms with Crippen LogP contribution in [0.5, 0.6) is 0 Å². The summed E-state index contributed by atoms with van der Waals surface area (Å²) in [6, 6.07) is 4.93. The average molecular weight is 450 g/mol. The standard InChI is InChI=1S/C22H28FN3O4S/c23-17-3-1-2-4-18(17)31(29,30)26(16-5-6-16)12-19(27)25-20-14-7-13-8-15(20)11-22(9-13,10-14)21(24)28/h1-4,13-16,20H,5-12H2,(H2,24,28)(H,25,27). The zero-order valence-electron chi connectivity index (χ0n) is 17.3. The molecular weight excluding hydrogens is 421 g/mol. The van der Waals surface area contributed by atoms with E-state index >= 15 is 0 Å². The Morgan fingerprint density at radius 3 is 2.35 bits per heavy atom. The lowest BCUT2D eigenvalue weighted by molar-refractivity contribution is -0.147. The van der Waals surface area contributed by atoms with Gasteiger partial charge in [0.1, 0.15) is 10.7 Å². The minimum absolute atomic E-state index is 0.0613. The van der Waals surface area contributed by atoms with Crippen LogP contribution in [-0.4, -0.2) is 43.2 Å².